The van der Waals surface area contributed by atoms with E-state index in [1.807, 2.05) is 4.90 Å². The van der Waals surface area contributed by atoms with E-state index in [0.717, 1.165) is 0 Å². The van der Waals surface area contributed by atoms with Crippen LogP contribution in [-0.2, 0) is 19.6 Å². The molecule has 2 aliphatic rings. The minimum Gasteiger partial charge on any atom is -0.444 e. The van der Waals surface area contributed by atoms with Crippen LogP contribution in [-0.4, -0.2) is 79.1 Å². The molecule has 0 aliphatic carbocycles. The summed E-state index contributed by atoms with van der Waals surface area (Å²) in [7, 11) is -3.73. The number of piperazine rings is 1. The van der Waals surface area contributed by atoms with Gasteiger partial charge in [-0.1, -0.05) is 0 Å². The smallest absolute Gasteiger partial charge is 0.407 e. The van der Waals surface area contributed by atoms with Crippen molar-refractivity contribution in [2.75, 3.05) is 42.5 Å². The first kappa shape index (κ1) is 24.4. The highest BCUT2D eigenvalue weighted by Crippen LogP contribution is 2.26. The monoisotopic (exact) mass is 517 g/mol. The highest BCUT2D eigenvalue weighted by Gasteiger charge is 2.34. The van der Waals surface area contributed by atoms with Gasteiger partial charge in [-0.25, -0.2) is 23.2 Å². The maximum absolute atomic E-state index is 13.2. The molecule has 36 heavy (non-hydrogen) atoms. The topological polar surface area (TPSA) is 125 Å². The van der Waals surface area contributed by atoms with Crippen molar-refractivity contribution in [1.82, 2.24) is 19.6 Å². The highest BCUT2D eigenvalue weighted by atomic mass is 32.2. The molecule has 4 rings (SSSR count). The maximum Gasteiger partial charge on any atom is 0.407 e. The molecule has 0 saturated carbocycles. The van der Waals surface area contributed by atoms with E-state index in [-0.39, 0.29) is 43.0 Å². The van der Waals surface area contributed by atoms with Crippen LogP contribution < -0.4 is 15.1 Å². The first-order valence-corrected chi connectivity index (χ1v) is 13.2. The van der Waals surface area contributed by atoms with Crippen molar-refractivity contribution in [2.45, 2.75) is 50.7 Å². The summed E-state index contributed by atoms with van der Waals surface area (Å²) >= 11 is 0. The van der Waals surface area contributed by atoms with E-state index >= 15 is 0 Å². The molecule has 2 fully saturated rings. The zero-order valence-corrected chi connectivity index (χ0v) is 21.7. The quantitative estimate of drug-likeness (QED) is 0.638. The van der Waals surface area contributed by atoms with Crippen molar-refractivity contribution in [3.8, 4) is 0 Å². The Balaban J connectivity index is 1.37. The molecule has 0 spiro atoms. The fraction of sp³-hybridized carbons (Fsp3) is 0.500. The number of aryl methyl sites for hydroxylation is 1. The van der Waals surface area contributed by atoms with Crippen LogP contribution in [0.1, 0.15) is 34.3 Å². The van der Waals surface area contributed by atoms with Crippen LogP contribution in [0.4, 0.5) is 16.4 Å². The number of nitrogens with zero attached hydrogens (tertiary/aromatic N) is 5. The van der Waals surface area contributed by atoms with E-state index in [0.29, 0.717) is 30.4 Å². The number of sulfonamides is 1. The van der Waals surface area contributed by atoms with Crippen molar-refractivity contribution >= 4 is 33.7 Å². The predicted molar refractivity (Wildman–Crippen MR) is 134 cm³/mol. The van der Waals surface area contributed by atoms with Crippen LogP contribution >= 0.6 is 0 Å². The van der Waals surface area contributed by atoms with E-state index in [1.165, 1.54) is 21.3 Å². The average molecular weight is 518 g/mol. The van der Waals surface area contributed by atoms with Crippen LogP contribution in [0.3, 0.4) is 0 Å². The lowest BCUT2D eigenvalue weighted by Crippen LogP contribution is -2.49. The predicted octanol–water partition coefficient (Wildman–Crippen LogP) is 1.93. The fourth-order valence-corrected chi connectivity index (χ4v) is 5.57. The first-order valence-electron chi connectivity index (χ1n) is 12.3. The standard InChI is InChI=1S/C24H32N6O5S/c1-17-9-10-25-22(26-17)28-11-13-29(14-12-28)36(33,34)20-7-5-19(6-8-20)30-16-18(15-21(30)31)27-23(32)35-24(2,3)4/h5-10,18H,11-16H2,1-4H3,(H,27,32)/t18-/m1/s1/i10D. The van der Waals surface area contributed by atoms with Gasteiger partial charge in [0.2, 0.25) is 21.9 Å². The molecule has 2 saturated heterocycles. The van der Waals surface area contributed by atoms with Crippen LogP contribution in [0, 0.1) is 6.92 Å². The zero-order chi connectivity index (χ0) is 27.0. The maximum atomic E-state index is 13.2. The van der Waals surface area contributed by atoms with Gasteiger partial charge in [-0.15, -0.1) is 0 Å². The Kier molecular flexibility index (Phi) is 6.80. The van der Waals surface area contributed by atoms with Gasteiger partial charge >= 0.3 is 6.09 Å². The molecule has 2 aromatic rings. The van der Waals surface area contributed by atoms with Crippen molar-refractivity contribution in [3.63, 3.8) is 0 Å². The van der Waals surface area contributed by atoms with Gasteiger partial charge in [0.15, 0.2) is 0 Å². The first-order chi connectivity index (χ1) is 17.3. The molecular formula is C24H32N6O5S. The van der Waals surface area contributed by atoms with Crippen molar-refractivity contribution < 1.29 is 24.1 Å². The van der Waals surface area contributed by atoms with Crippen LogP contribution in [0.5, 0.6) is 0 Å². The number of alkyl carbamates (subject to hydrolysis) is 1. The molecule has 194 valence electrons. The fourth-order valence-electron chi connectivity index (χ4n) is 4.14. The summed E-state index contributed by atoms with van der Waals surface area (Å²) in [5, 5.41) is 2.72. The number of rotatable bonds is 5. The molecule has 0 radical (unpaired) electrons. The molecule has 3 heterocycles. The number of hydrogen-bond acceptors (Lipinski definition) is 8. The van der Waals surface area contributed by atoms with Gasteiger partial charge in [0.1, 0.15) is 5.60 Å². The molecule has 2 amide bonds. The Morgan fingerprint density at radius 3 is 2.42 bits per heavy atom. The Labute approximate surface area is 212 Å². The van der Waals surface area contributed by atoms with Crippen molar-refractivity contribution in [3.05, 3.63) is 42.2 Å². The number of aromatic nitrogens is 2. The molecular weight excluding hydrogens is 484 g/mol. The Morgan fingerprint density at radius 2 is 1.81 bits per heavy atom. The van der Waals surface area contributed by atoms with Gasteiger partial charge in [0.05, 0.1) is 12.3 Å². The second-order valence-electron chi connectivity index (χ2n) is 9.88. The summed E-state index contributed by atoms with van der Waals surface area (Å²) < 4.78 is 40.9. The van der Waals surface area contributed by atoms with E-state index < -0.39 is 27.8 Å². The summed E-state index contributed by atoms with van der Waals surface area (Å²) in [5.74, 6) is 0.267. The minimum absolute atomic E-state index is 0.126. The lowest BCUT2D eigenvalue weighted by Gasteiger charge is -2.34. The van der Waals surface area contributed by atoms with Crippen molar-refractivity contribution in [1.29, 1.82) is 0 Å². The minimum atomic E-state index is -3.73. The van der Waals surface area contributed by atoms with Gasteiger partial charge in [-0.2, -0.15) is 4.31 Å². The molecule has 0 bridgehead atoms. The summed E-state index contributed by atoms with van der Waals surface area (Å²) in [5.41, 5.74) is 0.610. The zero-order valence-electron chi connectivity index (χ0n) is 21.9. The number of hydrogen-bond donors (Lipinski definition) is 1. The van der Waals surface area contributed by atoms with Crippen LogP contribution in [0.2, 0.25) is 0 Å². The summed E-state index contributed by atoms with van der Waals surface area (Å²) in [4.78, 5) is 36.6. The Hall–Kier alpha value is -3.25. The molecule has 0 unspecified atom stereocenters. The number of carbonyl (C=O) groups is 2. The van der Waals surface area contributed by atoms with Gasteiger partial charge < -0.3 is 19.9 Å². The molecule has 1 N–H and O–H groups in total. The summed E-state index contributed by atoms with van der Waals surface area (Å²) in [6, 6.07) is 7.37. The van der Waals surface area contributed by atoms with Crippen LogP contribution in [0.15, 0.2) is 41.4 Å². The Morgan fingerprint density at radius 1 is 1.14 bits per heavy atom. The second-order valence-corrected chi connectivity index (χ2v) is 11.8. The van der Waals surface area contributed by atoms with E-state index in [1.54, 1.807) is 45.9 Å². The van der Waals surface area contributed by atoms with E-state index in [2.05, 4.69) is 15.3 Å². The number of nitrogens with one attached hydrogen (secondary N) is 1. The second kappa shape index (κ2) is 10.0. The average Bonchev–Trinajstić information content (AvgIpc) is 3.17. The van der Waals surface area contributed by atoms with Gasteiger partial charge in [-0.3, -0.25) is 4.79 Å². The Bertz CT molecular complexity index is 1250. The van der Waals surface area contributed by atoms with Crippen molar-refractivity contribution in [2.24, 2.45) is 0 Å². The van der Waals surface area contributed by atoms with Crippen LogP contribution in [0.25, 0.3) is 0 Å². The molecule has 1 aromatic heterocycles. The molecule has 12 heteroatoms. The normalized spacial score (nSPS) is 19.8. The SMILES string of the molecule is [2H]c1cc(C)nc(N2CCN(S(=O)(=O)c3ccc(N4C[C@H](NC(=O)OC(C)(C)C)CC4=O)cc3)CC2)n1. The summed E-state index contributed by atoms with van der Waals surface area (Å²) in [6.45, 7) is 8.70. The molecule has 1 aromatic carbocycles. The van der Waals surface area contributed by atoms with Gasteiger partial charge in [-0.05, 0) is 58.0 Å². The third kappa shape index (κ3) is 5.93. The molecule has 1 atom stereocenters. The number of carbonyl (C=O) groups excluding carboxylic acids is 2. The third-order valence-electron chi connectivity index (χ3n) is 5.87. The van der Waals surface area contributed by atoms with E-state index in [9.17, 15) is 18.0 Å². The third-order valence-corrected chi connectivity index (χ3v) is 7.78. The van der Waals surface area contributed by atoms with Gasteiger partial charge in [0, 0.05) is 56.7 Å². The van der Waals surface area contributed by atoms with Gasteiger partial charge in [0.25, 0.3) is 0 Å². The number of amides is 2. The summed E-state index contributed by atoms with van der Waals surface area (Å²) in [6.07, 6.45) is -0.320. The molecule has 2 aliphatic heterocycles. The highest BCUT2D eigenvalue weighted by molar-refractivity contribution is 7.89. The number of ether oxygens (including phenoxy) is 1. The molecule has 11 nitrogen and oxygen atoms in total. The number of anilines is 2. The lowest BCUT2D eigenvalue weighted by molar-refractivity contribution is -0.117. The lowest BCUT2D eigenvalue weighted by atomic mass is 10.2. The largest absolute Gasteiger partial charge is 0.444 e. The number of benzene rings is 1. The van der Waals surface area contributed by atoms with E-state index in [4.69, 9.17) is 6.11 Å².